The van der Waals surface area contributed by atoms with E-state index < -0.39 is 16.0 Å². The number of nitrogens with zero attached hydrogens (tertiary/aromatic N) is 1. The van der Waals surface area contributed by atoms with Gasteiger partial charge in [0, 0.05) is 22.6 Å². The highest BCUT2D eigenvalue weighted by Gasteiger charge is 2.25. The quantitative estimate of drug-likeness (QED) is 0.358. The third-order valence-corrected chi connectivity index (χ3v) is 7.08. The molecule has 0 amide bonds. The van der Waals surface area contributed by atoms with E-state index in [1.165, 1.54) is 16.4 Å². The van der Waals surface area contributed by atoms with Crippen molar-refractivity contribution in [2.24, 2.45) is 0 Å². The lowest BCUT2D eigenvalue weighted by Crippen LogP contribution is -2.30. The molecule has 0 bridgehead atoms. The van der Waals surface area contributed by atoms with E-state index in [-0.39, 0.29) is 18.0 Å². The first-order valence-electron chi connectivity index (χ1n) is 9.56. The zero-order chi connectivity index (χ0) is 22.4. The fraction of sp³-hybridized carbons (Fsp3) is 0.174. The number of rotatable bonds is 8. The van der Waals surface area contributed by atoms with Gasteiger partial charge in [-0.25, -0.2) is 13.2 Å². The molecule has 3 aromatic rings. The highest BCUT2D eigenvalue weighted by atomic mass is 79.9. The van der Waals surface area contributed by atoms with Gasteiger partial charge in [0.05, 0.1) is 17.1 Å². The van der Waals surface area contributed by atoms with Gasteiger partial charge in [0.2, 0.25) is 10.0 Å². The Morgan fingerprint density at radius 2 is 1.55 bits per heavy atom. The molecule has 0 N–H and O–H groups in total. The van der Waals surface area contributed by atoms with Gasteiger partial charge < -0.3 is 4.74 Å². The molecule has 0 saturated heterocycles. The molecule has 0 atom stereocenters. The first kappa shape index (κ1) is 23.5. The van der Waals surface area contributed by atoms with Crippen LogP contribution in [0.2, 0.25) is 5.02 Å². The van der Waals surface area contributed by atoms with Crippen molar-refractivity contribution in [1.82, 2.24) is 4.31 Å². The van der Waals surface area contributed by atoms with Crippen molar-refractivity contribution in [1.29, 1.82) is 0 Å². The van der Waals surface area contributed by atoms with Gasteiger partial charge in [0.15, 0.2) is 0 Å². The summed E-state index contributed by atoms with van der Waals surface area (Å²) in [6.45, 7) is 2.35. The van der Waals surface area contributed by atoms with E-state index in [1.54, 1.807) is 43.3 Å². The molecule has 3 rings (SSSR count). The summed E-state index contributed by atoms with van der Waals surface area (Å²) < 4.78 is 34.1. The Balaban J connectivity index is 1.92. The van der Waals surface area contributed by atoms with Crippen molar-refractivity contribution in [3.8, 4) is 0 Å². The van der Waals surface area contributed by atoms with E-state index >= 15 is 0 Å². The van der Waals surface area contributed by atoms with Gasteiger partial charge in [0.25, 0.3) is 0 Å². The number of sulfonamides is 1. The van der Waals surface area contributed by atoms with E-state index in [4.69, 9.17) is 16.3 Å². The second-order valence-electron chi connectivity index (χ2n) is 6.77. The molecule has 162 valence electrons. The summed E-state index contributed by atoms with van der Waals surface area (Å²) >= 11 is 9.43. The van der Waals surface area contributed by atoms with Gasteiger partial charge in [-0.2, -0.15) is 4.31 Å². The Labute approximate surface area is 195 Å². The average molecular weight is 523 g/mol. The van der Waals surface area contributed by atoms with Crippen molar-refractivity contribution >= 4 is 43.5 Å². The zero-order valence-electron chi connectivity index (χ0n) is 16.8. The normalized spacial score (nSPS) is 11.5. The van der Waals surface area contributed by atoms with Crippen LogP contribution < -0.4 is 0 Å². The van der Waals surface area contributed by atoms with Crippen LogP contribution in [0.4, 0.5) is 0 Å². The van der Waals surface area contributed by atoms with Crippen LogP contribution in [0.1, 0.15) is 28.4 Å². The Kier molecular flexibility index (Phi) is 7.89. The summed E-state index contributed by atoms with van der Waals surface area (Å²) in [6, 6.07) is 20.4. The van der Waals surface area contributed by atoms with Gasteiger partial charge >= 0.3 is 5.97 Å². The van der Waals surface area contributed by atoms with Crippen LogP contribution in [-0.4, -0.2) is 25.3 Å². The van der Waals surface area contributed by atoms with Crippen molar-refractivity contribution < 1.29 is 17.9 Å². The molecule has 0 aliphatic rings. The van der Waals surface area contributed by atoms with Gasteiger partial charge in [-0.05, 0) is 60.5 Å². The van der Waals surface area contributed by atoms with Gasteiger partial charge in [0.1, 0.15) is 0 Å². The summed E-state index contributed by atoms with van der Waals surface area (Å²) in [7, 11) is -3.82. The first-order chi connectivity index (χ1) is 14.8. The van der Waals surface area contributed by atoms with Crippen LogP contribution in [-0.2, 0) is 27.8 Å². The van der Waals surface area contributed by atoms with E-state index in [2.05, 4.69) is 15.9 Å². The second-order valence-corrected chi connectivity index (χ2v) is 10.1. The topological polar surface area (TPSA) is 63.7 Å². The average Bonchev–Trinajstić information content (AvgIpc) is 2.75. The first-order valence-corrected chi connectivity index (χ1v) is 12.2. The predicted molar refractivity (Wildman–Crippen MR) is 124 cm³/mol. The minimum absolute atomic E-state index is 0.125. The summed E-state index contributed by atoms with van der Waals surface area (Å²) in [5.74, 6) is -0.410. The third-order valence-electron chi connectivity index (χ3n) is 4.53. The molecule has 0 saturated carbocycles. The lowest BCUT2D eigenvalue weighted by Gasteiger charge is -2.23. The molecule has 0 aromatic heterocycles. The molecule has 0 heterocycles. The molecule has 8 heteroatoms. The summed E-state index contributed by atoms with van der Waals surface area (Å²) in [5.41, 5.74) is 2.01. The van der Waals surface area contributed by atoms with Crippen molar-refractivity contribution in [2.45, 2.75) is 24.9 Å². The molecule has 0 fully saturated rings. The molecule has 31 heavy (non-hydrogen) atoms. The molecule has 0 spiro atoms. The number of hydrogen-bond donors (Lipinski definition) is 0. The van der Waals surface area contributed by atoms with Crippen molar-refractivity contribution in [2.75, 3.05) is 6.61 Å². The molecular formula is C23H21BrClNO4S. The molecule has 0 aliphatic heterocycles. The highest BCUT2D eigenvalue weighted by Crippen LogP contribution is 2.24. The zero-order valence-corrected chi connectivity index (χ0v) is 20.0. The summed E-state index contributed by atoms with van der Waals surface area (Å²) in [5, 5.41) is 0.350. The lowest BCUT2D eigenvalue weighted by molar-refractivity contribution is 0.0526. The number of ether oxygens (including phenoxy) is 1. The number of hydrogen-bond acceptors (Lipinski definition) is 4. The van der Waals surface area contributed by atoms with Crippen LogP contribution in [0.3, 0.4) is 0 Å². The van der Waals surface area contributed by atoms with Crippen LogP contribution >= 0.6 is 27.5 Å². The Bertz CT molecular complexity index is 1150. The smallest absolute Gasteiger partial charge is 0.338 e. The standard InChI is InChI=1S/C23H21BrClNO4S/c1-2-30-23(27)19-10-6-17(7-11-19)15-26(16-18-8-12-20(24)13-9-18)31(28,29)22-5-3-4-21(25)14-22/h3-14H,2,15-16H2,1H3. The van der Waals surface area contributed by atoms with E-state index in [0.29, 0.717) is 17.2 Å². The van der Waals surface area contributed by atoms with Crippen LogP contribution in [0, 0.1) is 0 Å². The van der Waals surface area contributed by atoms with Crippen LogP contribution in [0.25, 0.3) is 0 Å². The predicted octanol–water partition coefficient (Wildman–Crippen LogP) is 5.67. The second kappa shape index (κ2) is 10.4. The SMILES string of the molecule is CCOC(=O)c1ccc(CN(Cc2ccc(Br)cc2)S(=O)(=O)c2cccc(Cl)c2)cc1. The van der Waals surface area contributed by atoms with E-state index in [0.717, 1.165) is 15.6 Å². The maximum atomic E-state index is 13.4. The van der Waals surface area contributed by atoms with Gasteiger partial charge in [-0.3, -0.25) is 0 Å². The minimum Gasteiger partial charge on any atom is -0.462 e. The number of carbonyl (C=O) groups is 1. The molecule has 5 nitrogen and oxygen atoms in total. The number of benzene rings is 3. The van der Waals surface area contributed by atoms with Crippen LogP contribution in [0.5, 0.6) is 0 Å². The fourth-order valence-corrected chi connectivity index (χ4v) is 4.94. The molecule has 0 unspecified atom stereocenters. The fourth-order valence-electron chi connectivity index (χ4n) is 2.96. The number of carbonyl (C=O) groups excluding carboxylic acids is 1. The maximum Gasteiger partial charge on any atom is 0.338 e. The van der Waals surface area contributed by atoms with Gasteiger partial charge in [-0.15, -0.1) is 0 Å². The van der Waals surface area contributed by atoms with Crippen LogP contribution in [0.15, 0.2) is 82.2 Å². The van der Waals surface area contributed by atoms with E-state index in [9.17, 15) is 13.2 Å². The molecule has 0 radical (unpaired) electrons. The summed E-state index contributed by atoms with van der Waals surface area (Å²) in [4.78, 5) is 12.0. The van der Waals surface area contributed by atoms with E-state index in [1.807, 2.05) is 24.3 Å². The maximum absolute atomic E-state index is 13.4. The Hall–Kier alpha value is -2.19. The number of halogens is 2. The lowest BCUT2D eigenvalue weighted by atomic mass is 10.1. The van der Waals surface area contributed by atoms with Crippen molar-refractivity contribution in [3.63, 3.8) is 0 Å². The molecule has 3 aromatic carbocycles. The monoisotopic (exact) mass is 521 g/mol. The largest absolute Gasteiger partial charge is 0.462 e. The van der Waals surface area contributed by atoms with Gasteiger partial charge in [-0.1, -0.05) is 57.9 Å². The molecular weight excluding hydrogens is 502 g/mol. The highest BCUT2D eigenvalue weighted by molar-refractivity contribution is 9.10. The van der Waals surface area contributed by atoms with Crippen molar-refractivity contribution in [3.05, 3.63) is 99.0 Å². The third kappa shape index (κ3) is 6.17. The Morgan fingerprint density at radius 3 is 2.10 bits per heavy atom. The minimum atomic E-state index is -3.82. The molecule has 0 aliphatic carbocycles. The summed E-state index contributed by atoms with van der Waals surface area (Å²) in [6.07, 6.45) is 0. The number of esters is 1. The Morgan fingerprint density at radius 1 is 0.968 bits per heavy atom.